The van der Waals surface area contributed by atoms with Crippen LogP contribution in [0.3, 0.4) is 0 Å². The highest BCUT2D eigenvalue weighted by molar-refractivity contribution is 7.47. The van der Waals surface area contributed by atoms with Crippen LogP contribution in [0.5, 0.6) is 0 Å². The van der Waals surface area contributed by atoms with Crippen LogP contribution in [-0.4, -0.2) is 96.7 Å². The lowest BCUT2D eigenvalue weighted by atomic mass is 10.0. The highest BCUT2D eigenvalue weighted by atomic mass is 31.2. The molecule has 95 heavy (non-hydrogen) atoms. The van der Waals surface area contributed by atoms with Crippen molar-refractivity contribution in [2.75, 3.05) is 39.6 Å². The van der Waals surface area contributed by atoms with Gasteiger partial charge in [0.25, 0.3) is 0 Å². The van der Waals surface area contributed by atoms with E-state index in [9.17, 15) is 43.2 Å². The zero-order valence-corrected chi connectivity index (χ0v) is 63.6. The fraction of sp³-hybridized carbons (Fsp3) is 0.947. The van der Waals surface area contributed by atoms with Gasteiger partial charge in [-0.25, -0.2) is 9.13 Å². The third-order valence-corrected chi connectivity index (χ3v) is 19.7. The standard InChI is InChI=1S/C76H148O17P2/c1-6-9-12-15-18-21-23-24-25-26-27-28-29-30-31-34-38-42-47-52-57-62-76(81)93-72(66-87-74(79)60-55-50-45-41-37-35-32-33-36-39-43-48-53-58-69(4)5)68-91-95(84,85)89-64-70(77)63-88-94(82,83)90-67-71(65-86-73(78)59-54-49-44-20-17-14-11-8-3)92-75(80)61-56-51-46-40-22-19-16-13-10-7-2/h69-72,77H,6-68H2,1-5H3,(H,82,83)(H,84,85)/t70-,71+,72+/m0/s1. The van der Waals surface area contributed by atoms with Gasteiger partial charge in [-0.3, -0.25) is 37.3 Å². The topological polar surface area (TPSA) is 237 Å². The summed E-state index contributed by atoms with van der Waals surface area (Å²) in [5.74, 6) is -1.33. The zero-order valence-electron chi connectivity index (χ0n) is 61.8. The Hall–Kier alpha value is -1.94. The summed E-state index contributed by atoms with van der Waals surface area (Å²) in [6.07, 6.45) is 58.4. The normalized spacial score (nSPS) is 13.9. The smallest absolute Gasteiger partial charge is 0.462 e. The van der Waals surface area contributed by atoms with Crippen molar-refractivity contribution in [3.05, 3.63) is 0 Å². The van der Waals surface area contributed by atoms with Gasteiger partial charge in [-0.15, -0.1) is 0 Å². The molecule has 0 radical (unpaired) electrons. The number of hydrogen-bond donors (Lipinski definition) is 3. The van der Waals surface area contributed by atoms with Crippen LogP contribution in [0.1, 0.15) is 401 Å². The van der Waals surface area contributed by atoms with Gasteiger partial charge in [0.2, 0.25) is 0 Å². The summed E-state index contributed by atoms with van der Waals surface area (Å²) in [6.45, 7) is 7.27. The first-order chi connectivity index (χ1) is 46.0. The molecule has 564 valence electrons. The van der Waals surface area contributed by atoms with Crippen LogP contribution >= 0.6 is 15.6 Å². The average molecular weight is 1400 g/mol. The average Bonchev–Trinajstić information content (AvgIpc) is 1.59. The molecule has 17 nitrogen and oxygen atoms in total. The number of carbonyl (C=O) groups is 4. The van der Waals surface area contributed by atoms with Gasteiger partial charge in [0.05, 0.1) is 26.4 Å². The first-order valence-corrected chi connectivity index (χ1v) is 42.6. The van der Waals surface area contributed by atoms with E-state index in [0.717, 1.165) is 102 Å². The molecule has 0 aromatic carbocycles. The quantitative estimate of drug-likeness (QED) is 0.0222. The number of aliphatic hydroxyl groups excluding tert-OH is 1. The number of phosphoric ester groups is 2. The monoisotopic (exact) mass is 1400 g/mol. The van der Waals surface area contributed by atoms with E-state index in [2.05, 4.69) is 34.6 Å². The summed E-state index contributed by atoms with van der Waals surface area (Å²) in [6, 6.07) is 0. The first kappa shape index (κ1) is 93.1. The van der Waals surface area contributed by atoms with Crippen molar-refractivity contribution in [2.24, 2.45) is 5.92 Å². The number of carbonyl (C=O) groups excluding carboxylic acids is 4. The summed E-state index contributed by atoms with van der Waals surface area (Å²) in [5, 5.41) is 10.6. The number of esters is 4. The lowest BCUT2D eigenvalue weighted by molar-refractivity contribution is -0.161. The molecule has 0 aliphatic rings. The van der Waals surface area contributed by atoms with E-state index in [-0.39, 0.29) is 25.7 Å². The maximum absolute atomic E-state index is 13.1. The Labute approximate surface area is 581 Å². The summed E-state index contributed by atoms with van der Waals surface area (Å²) < 4.78 is 68.4. The molecule has 0 spiro atoms. The van der Waals surface area contributed by atoms with Crippen molar-refractivity contribution in [3.63, 3.8) is 0 Å². The lowest BCUT2D eigenvalue weighted by Crippen LogP contribution is -2.30. The molecule has 0 saturated heterocycles. The molecule has 5 atom stereocenters. The maximum atomic E-state index is 13.1. The number of hydrogen-bond acceptors (Lipinski definition) is 15. The molecule has 0 amide bonds. The van der Waals surface area contributed by atoms with E-state index < -0.39 is 97.5 Å². The number of ether oxygens (including phenoxy) is 4. The Kier molecular flexibility index (Phi) is 67.7. The van der Waals surface area contributed by atoms with Gasteiger partial charge in [0.15, 0.2) is 12.2 Å². The number of rotatable bonds is 76. The van der Waals surface area contributed by atoms with E-state index >= 15 is 0 Å². The van der Waals surface area contributed by atoms with Crippen molar-refractivity contribution in [3.8, 4) is 0 Å². The Morgan fingerprint density at radius 1 is 0.284 bits per heavy atom. The molecule has 2 unspecified atom stereocenters. The van der Waals surface area contributed by atoms with Crippen LogP contribution in [0.4, 0.5) is 0 Å². The number of unbranched alkanes of at least 4 members (excludes halogenated alkanes) is 48. The van der Waals surface area contributed by atoms with Crippen LogP contribution in [0.25, 0.3) is 0 Å². The summed E-state index contributed by atoms with van der Waals surface area (Å²) >= 11 is 0. The molecule has 3 N–H and O–H groups in total. The molecule has 0 aliphatic heterocycles. The molecule has 0 rings (SSSR count). The molecule has 0 aromatic heterocycles. The van der Waals surface area contributed by atoms with E-state index in [0.29, 0.717) is 25.7 Å². The summed E-state index contributed by atoms with van der Waals surface area (Å²) in [7, 11) is -9.90. The number of aliphatic hydroxyl groups is 1. The highest BCUT2D eigenvalue weighted by Gasteiger charge is 2.30. The van der Waals surface area contributed by atoms with E-state index in [4.69, 9.17) is 37.0 Å². The molecule has 0 saturated carbocycles. The van der Waals surface area contributed by atoms with Crippen molar-refractivity contribution in [1.29, 1.82) is 0 Å². The van der Waals surface area contributed by atoms with E-state index in [1.54, 1.807) is 0 Å². The predicted molar refractivity (Wildman–Crippen MR) is 386 cm³/mol. The number of phosphoric acid groups is 2. The van der Waals surface area contributed by atoms with Gasteiger partial charge in [-0.1, -0.05) is 349 Å². The van der Waals surface area contributed by atoms with Gasteiger partial charge >= 0.3 is 39.5 Å². The van der Waals surface area contributed by atoms with Gasteiger partial charge in [0, 0.05) is 25.7 Å². The van der Waals surface area contributed by atoms with E-state index in [1.165, 1.54) is 218 Å². The van der Waals surface area contributed by atoms with Crippen molar-refractivity contribution in [1.82, 2.24) is 0 Å². The molecular weight excluding hydrogens is 1250 g/mol. The Balaban J connectivity index is 5.17. The molecule has 0 aliphatic carbocycles. The zero-order chi connectivity index (χ0) is 69.8. The van der Waals surface area contributed by atoms with Crippen molar-refractivity contribution in [2.45, 2.75) is 419 Å². The van der Waals surface area contributed by atoms with Crippen LogP contribution in [0.15, 0.2) is 0 Å². The van der Waals surface area contributed by atoms with Gasteiger partial charge in [-0.05, 0) is 31.6 Å². The highest BCUT2D eigenvalue weighted by Crippen LogP contribution is 2.45. The fourth-order valence-corrected chi connectivity index (χ4v) is 13.3. The van der Waals surface area contributed by atoms with Crippen molar-refractivity contribution < 1.29 is 80.2 Å². The molecular formula is C76H148O17P2. The summed E-state index contributed by atoms with van der Waals surface area (Å²) in [5.41, 5.74) is 0. The maximum Gasteiger partial charge on any atom is 0.472 e. The second kappa shape index (κ2) is 69.2. The Morgan fingerprint density at radius 3 is 0.716 bits per heavy atom. The minimum atomic E-state index is -4.96. The molecule has 0 fully saturated rings. The van der Waals surface area contributed by atoms with Gasteiger partial charge in [0.1, 0.15) is 19.3 Å². The Bertz CT molecular complexity index is 1820. The fourth-order valence-electron chi connectivity index (χ4n) is 11.7. The van der Waals surface area contributed by atoms with Crippen LogP contribution in [0.2, 0.25) is 0 Å². The predicted octanol–water partition coefficient (Wildman–Crippen LogP) is 22.5. The summed E-state index contributed by atoms with van der Waals surface area (Å²) in [4.78, 5) is 72.6. The largest absolute Gasteiger partial charge is 0.472 e. The Morgan fingerprint density at radius 2 is 0.484 bits per heavy atom. The molecule has 0 heterocycles. The minimum Gasteiger partial charge on any atom is -0.462 e. The SMILES string of the molecule is CCCCCCCCCCCCCCCCCCCCCCCC(=O)O[C@H](COC(=O)CCCCCCCCCCCCCCCC(C)C)COP(=O)(O)OC[C@@H](O)COP(=O)(O)OC[C@@H](COC(=O)CCCCCCCCCC)OC(=O)CCCCCCCCCCCC. The molecule has 19 heteroatoms. The van der Waals surface area contributed by atoms with Crippen LogP contribution in [0, 0.1) is 5.92 Å². The third kappa shape index (κ3) is 70.3. The molecule has 0 aromatic rings. The van der Waals surface area contributed by atoms with Crippen LogP contribution < -0.4 is 0 Å². The van der Waals surface area contributed by atoms with Gasteiger partial charge < -0.3 is 33.8 Å². The first-order valence-electron chi connectivity index (χ1n) is 39.6. The minimum absolute atomic E-state index is 0.107. The second-order valence-corrected chi connectivity index (χ2v) is 30.8. The second-order valence-electron chi connectivity index (χ2n) is 27.9. The molecule has 0 bridgehead atoms. The lowest BCUT2D eigenvalue weighted by Gasteiger charge is -2.21. The van der Waals surface area contributed by atoms with Crippen molar-refractivity contribution >= 4 is 39.5 Å². The third-order valence-electron chi connectivity index (χ3n) is 17.8. The van der Waals surface area contributed by atoms with E-state index in [1.807, 2.05) is 0 Å². The van der Waals surface area contributed by atoms with Gasteiger partial charge in [-0.2, -0.15) is 0 Å². The van der Waals surface area contributed by atoms with Crippen LogP contribution in [-0.2, 0) is 65.4 Å².